The third-order valence-electron chi connectivity index (χ3n) is 19.4. The van der Waals surface area contributed by atoms with Gasteiger partial charge >= 0.3 is 0 Å². The number of hydrogen-bond acceptors (Lipinski definition) is 2. The molecule has 0 atom stereocenters. The molecule has 1 aromatic heterocycles. The van der Waals surface area contributed by atoms with Gasteiger partial charge in [-0.2, -0.15) is 0 Å². The molecule has 13 rings (SSSR count). The zero-order valence-electron chi connectivity index (χ0n) is 48.7. The van der Waals surface area contributed by atoms with E-state index in [0.29, 0.717) is 0 Å². The molecular weight excluding hydrogens is 951 g/mol. The molecule has 0 fully saturated rings. The van der Waals surface area contributed by atoms with E-state index < -0.39 is 5.41 Å². The SMILES string of the molecule is Bc1c(B)c(B)c(-c2c(B)c(B)c(-c3c(B)c(B)c(N(c4cccc(-c5cccc6oc7c8ccccc8ccc7c56)c4)c4ccc5c(c4)C(c4ccccc4)(c4ccccc4)c4ccccc4-5)c(B)c3B)c(B)c2B)c(B)c1B. The molecule has 1 aliphatic rings. The molecule has 0 spiro atoms. The summed E-state index contributed by atoms with van der Waals surface area (Å²) in [5, 5.41) is 4.56. The van der Waals surface area contributed by atoms with Crippen molar-refractivity contribution in [1.29, 1.82) is 0 Å². The summed E-state index contributed by atoms with van der Waals surface area (Å²) in [7, 11) is 30.5. The first-order valence-corrected chi connectivity index (χ1v) is 28.5. The first-order chi connectivity index (χ1) is 38.6. The average Bonchev–Trinajstić information content (AvgIpc) is 4.23. The molecule has 11 aromatic carbocycles. The number of fused-ring (bicyclic) bond motifs is 8. The fourth-order valence-electron chi connectivity index (χ4n) is 14.5. The van der Waals surface area contributed by atoms with Crippen molar-refractivity contribution in [3.8, 4) is 44.5 Å². The maximum absolute atomic E-state index is 6.79. The first-order valence-electron chi connectivity index (χ1n) is 28.5. The zero-order chi connectivity index (χ0) is 55.6. The van der Waals surface area contributed by atoms with Gasteiger partial charge in [-0.25, -0.2) is 0 Å². The van der Waals surface area contributed by atoms with E-state index in [4.69, 9.17) is 4.42 Å². The van der Waals surface area contributed by atoms with Gasteiger partial charge in [0.2, 0.25) is 0 Å². The second kappa shape index (κ2) is 19.4. The lowest BCUT2D eigenvalue weighted by Gasteiger charge is -2.36. The third-order valence-corrected chi connectivity index (χ3v) is 19.4. The van der Waals surface area contributed by atoms with Crippen LogP contribution in [0.1, 0.15) is 22.3 Å². The summed E-state index contributed by atoms with van der Waals surface area (Å²) in [5.41, 5.74) is 37.6. The fourth-order valence-corrected chi connectivity index (χ4v) is 14.5. The van der Waals surface area contributed by atoms with Crippen molar-refractivity contribution in [3.63, 3.8) is 0 Å². The van der Waals surface area contributed by atoms with Crippen LogP contribution in [-0.2, 0) is 5.41 Å². The van der Waals surface area contributed by atoms with Gasteiger partial charge < -0.3 is 9.32 Å². The fraction of sp³-hybridized carbons (Fsp3) is 0.0154. The highest BCUT2D eigenvalue weighted by Crippen LogP contribution is 2.57. The summed E-state index contributed by atoms with van der Waals surface area (Å²) in [6.07, 6.45) is 0. The highest BCUT2D eigenvalue weighted by molar-refractivity contribution is 6.72. The van der Waals surface area contributed by atoms with Gasteiger partial charge in [0, 0.05) is 33.2 Å². The van der Waals surface area contributed by atoms with E-state index in [1.54, 1.807) is 0 Å². The Morgan fingerprint density at radius 3 is 1.41 bits per heavy atom. The normalized spacial score (nSPS) is 12.5. The predicted octanol–water partition coefficient (Wildman–Crippen LogP) is -5.07. The molecule has 366 valence electrons. The molecule has 0 bridgehead atoms. The average molecular weight is 1010 g/mol. The van der Waals surface area contributed by atoms with Crippen molar-refractivity contribution in [2.45, 2.75) is 5.41 Å². The first kappa shape index (κ1) is 51.6. The van der Waals surface area contributed by atoms with Crippen LogP contribution in [0, 0.1) is 0 Å². The molecule has 1 aliphatic carbocycles. The lowest BCUT2D eigenvalue weighted by Crippen LogP contribution is -2.57. The van der Waals surface area contributed by atoms with E-state index in [-0.39, 0.29) is 0 Å². The highest BCUT2D eigenvalue weighted by atomic mass is 16.3. The molecule has 0 N–H and O–H groups in total. The Hall–Kier alpha value is -7.88. The summed E-state index contributed by atoms with van der Waals surface area (Å²) >= 11 is 0. The molecule has 2 nitrogen and oxygen atoms in total. The highest BCUT2D eigenvalue weighted by Gasteiger charge is 2.46. The molecule has 0 saturated carbocycles. The van der Waals surface area contributed by atoms with Gasteiger partial charge in [0.1, 0.15) is 113 Å². The maximum Gasteiger partial charge on any atom is 0.143 e. The Morgan fingerprint density at radius 2 is 0.800 bits per heavy atom. The molecule has 1 heterocycles. The van der Waals surface area contributed by atoms with Crippen LogP contribution < -0.4 is 75.9 Å². The number of furan rings is 1. The number of hydrogen-bond donors (Lipinski definition) is 0. The van der Waals surface area contributed by atoms with Crippen LogP contribution >= 0.6 is 0 Å². The summed E-state index contributed by atoms with van der Waals surface area (Å²) in [5.74, 6) is 0. The Kier molecular flexibility index (Phi) is 12.5. The lowest BCUT2D eigenvalue weighted by atomic mass is 9.55. The standard InChI is InChI=1S/C65H56B13NO/c66-50-46(48-54(70)58(74)60(76)59(75)55(48)71)51(67)53(69)47(52(50)68)49-56(72)61(77)63(62(78)57(49)73)79(35-19-11-14-32(29-35)37-22-12-24-44-45(37)41-27-25-31-13-7-8-20-38(31)64(41)80-44)36-26-28-40-39-21-9-10-23-42(39)65(43(40)30-36,33-15-3-1-4-16-33)34-17-5-2-6-18-34/h1-30H,66-78H2. The quantitative estimate of drug-likeness (QED) is 0.142. The summed E-state index contributed by atoms with van der Waals surface area (Å²) in [6.45, 7) is 0. The molecule has 0 unspecified atom stereocenters. The van der Waals surface area contributed by atoms with Crippen molar-refractivity contribution < 1.29 is 4.42 Å². The van der Waals surface area contributed by atoms with Gasteiger partial charge in [-0.1, -0.05) is 200 Å². The molecule has 12 aromatic rings. The molecule has 15 heteroatoms. The van der Waals surface area contributed by atoms with E-state index >= 15 is 0 Å². The van der Waals surface area contributed by atoms with Gasteiger partial charge in [0.05, 0.1) is 5.41 Å². The van der Waals surface area contributed by atoms with Crippen molar-refractivity contribution in [3.05, 3.63) is 204 Å². The third kappa shape index (κ3) is 7.45. The minimum Gasteiger partial charge on any atom is -0.455 e. The van der Waals surface area contributed by atoms with Gasteiger partial charge in [-0.3, -0.25) is 0 Å². The van der Waals surface area contributed by atoms with Crippen molar-refractivity contribution in [2.75, 3.05) is 4.90 Å². The predicted molar refractivity (Wildman–Crippen MR) is 386 cm³/mol. The minimum atomic E-state index is -0.566. The number of rotatable bonds is 8. The minimum absolute atomic E-state index is 0.566. The van der Waals surface area contributed by atoms with E-state index in [1.165, 1.54) is 138 Å². The molecule has 0 aliphatic heterocycles. The van der Waals surface area contributed by atoms with Crippen molar-refractivity contribution in [1.82, 2.24) is 0 Å². The van der Waals surface area contributed by atoms with Crippen LogP contribution in [0.3, 0.4) is 0 Å². The van der Waals surface area contributed by atoms with Crippen LogP contribution in [0.25, 0.3) is 77.2 Å². The van der Waals surface area contributed by atoms with Crippen molar-refractivity contribution >= 4 is 223 Å². The summed E-state index contributed by atoms with van der Waals surface area (Å²) in [4.78, 5) is 2.58. The monoisotopic (exact) mass is 1010 g/mol. The van der Waals surface area contributed by atoms with Gasteiger partial charge in [-0.15, -0.1) is 16.4 Å². The van der Waals surface area contributed by atoms with Crippen molar-refractivity contribution in [2.24, 2.45) is 0 Å². The Labute approximate surface area is 483 Å². The van der Waals surface area contributed by atoms with Gasteiger partial charge in [0.25, 0.3) is 0 Å². The van der Waals surface area contributed by atoms with Gasteiger partial charge in [-0.05, 0) is 109 Å². The molecule has 0 amide bonds. The molecule has 80 heavy (non-hydrogen) atoms. The Balaban J connectivity index is 1.07. The second-order valence-electron chi connectivity index (χ2n) is 23.1. The smallest absolute Gasteiger partial charge is 0.143 e. The van der Waals surface area contributed by atoms with E-state index in [9.17, 15) is 0 Å². The van der Waals surface area contributed by atoms with E-state index in [0.717, 1.165) is 49.8 Å². The van der Waals surface area contributed by atoms with Crippen LogP contribution in [0.2, 0.25) is 0 Å². The largest absolute Gasteiger partial charge is 0.455 e. The summed E-state index contributed by atoms with van der Waals surface area (Å²) in [6, 6.07) is 67.5. The van der Waals surface area contributed by atoms with Crippen LogP contribution in [0.5, 0.6) is 0 Å². The Bertz CT molecular complexity index is 4470. The number of nitrogens with zero attached hydrogens (tertiary/aromatic N) is 1. The molecule has 0 saturated heterocycles. The Morgan fingerprint density at radius 1 is 0.325 bits per heavy atom. The second-order valence-corrected chi connectivity index (χ2v) is 23.1. The molecule has 0 radical (unpaired) electrons. The summed E-state index contributed by atoms with van der Waals surface area (Å²) < 4.78 is 6.79. The van der Waals surface area contributed by atoms with Crippen LogP contribution in [-0.4, -0.2) is 102 Å². The van der Waals surface area contributed by atoms with Crippen LogP contribution in [0.15, 0.2) is 186 Å². The van der Waals surface area contributed by atoms with E-state index in [1.807, 2.05) is 0 Å². The van der Waals surface area contributed by atoms with Crippen LogP contribution in [0.4, 0.5) is 17.1 Å². The lowest BCUT2D eigenvalue weighted by molar-refractivity contribution is 0.673. The maximum atomic E-state index is 6.79. The topological polar surface area (TPSA) is 16.4 Å². The number of anilines is 3. The van der Waals surface area contributed by atoms with Gasteiger partial charge in [0.15, 0.2) is 0 Å². The zero-order valence-corrected chi connectivity index (χ0v) is 48.7. The van der Waals surface area contributed by atoms with E-state index in [2.05, 4.69) is 289 Å². The number of benzene rings is 11. The molecular formula is C65H56B13NO.